The second-order valence-electron chi connectivity index (χ2n) is 7.75. The number of ketones is 1. The van der Waals surface area contributed by atoms with Gasteiger partial charge < -0.3 is 9.30 Å². The molecule has 5 nitrogen and oxygen atoms in total. The van der Waals surface area contributed by atoms with E-state index in [4.69, 9.17) is 16.3 Å². The quantitative estimate of drug-likeness (QED) is 0.242. The molecule has 0 radical (unpaired) electrons. The third kappa shape index (κ3) is 4.86. The van der Waals surface area contributed by atoms with Crippen molar-refractivity contribution in [1.82, 2.24) is 14.8 Å². The summed E-state index contributed by atoms with van der Waals surface area (Å²) in [7, 11) is 1.69. The van der Waals surface area contributed by atoms with Gasteiger partial charge in [-0.2, -0.15) is 0 Å². The number of thioether (sulfide) groups is 1. The van der Waals surface area contributed by atoms with Crippen molar-refractivity contribution in [1.29, 1.82) is 0 Å². The summed E-state index contributed by atoms with van der Waals surface area (Å²) in [5, 5.41) is 9.89. The third-order valence-electron chi connectivity index (χ3n) is 5.60. The molecule has 0 N–H and O–H groups in total. The number of aryl methyl sites for hydroxylation is 2. The van der Waals surface area contributed by atoms with E-state index in [1.807, 2.05) is 41.8 Å². The predicted molar refractivity (Wildman–Crippen MR) is 125 cm³/mol. The minimum Gasteiger partial charge on any atom is -0.385 e. The van der Waals surface area contributed by atoms with Gasteiger partial charge in [0.15, 0.2) is 16.8 Å². The first kappa shape index (κ1) is 22.1. The van der Waals surface area contributed by atoms with Gasteiger partial charge in [0.25, 0.3) is 0 Å². The van der Waals surface area contributed by atoms with Gasteiger partial charge in [0, 0.05) is 31.4 Å². The molecule has 1 aliphatic rings. The van der Waals surface area contributed by atoms with Crippen molar-refractivity contribution in [2.45, 2.75) is 49.6 Å². The molecule has 162 valence electrons. The standard InChI is InChI=1S/C24H26ClN3O2S/c1-16(22(29)19-12-11-17-7-5-8-18(17)15-19)31-24-27-26-23(28(24)13-6-14-30-2)20-9-3-4-10-21(20)25/h3-4,9-12,15-16H,5-8,13-14H2,1-2H3. The highest BCUT2D eigenvalue weighted by molar-refractivity contribution is 8.00. The summed E-state index contributed by atoms with van der Waals surface area (Å²) >= 11 is 7.86. The Hall–Kier alpha value is -2.15. The molecule has 2 aromatic carbocycles. The highest BCUT2D eigenvalue weighted by Gasteiger charge is 2.23. The molecule has 4 rings (SSSR count). The van der Waals surface area contributed by atoms with Crippen LogP contribution in [0.15, 0.2) is 47.6 Å². The Morgan fingerprint density at radius 2 is 2.00 bits per heavy atom. The molecule has 0 saturated heterocycles. The van der Waals surface area contributed by atoms with Crippen LogP contribution in [0.25, 0.3) is 11.4 Å². The summed E-state index contributed by atoms with van der Waals surface area (Å²) in [6, 6.07) is 13.7. The van der Waals surface area contributed by atoms with E-state index in [2.05, 4.69) is 22.3 Å². The SMILES string of the molecule is COCCCn1c(SC(C)C(=O)c2ccc3c(c2)CCC3)nnc1-c1ccccc1Cl. The highest BCUT2D eigenvalue weighted by Crippen LogP contribution is 2.32. The first-order chi connectivity index (χ1) is 15.1. The molecule has 1 atom stereocenters. The number of carbonyl (C=O) groups is 1. The van der Waals surface area contributed by atoms with Crippen LogP contribution in [0.3, 0.4) is 0 Å². The summed E-state index contributed by atoms with van der Waals surface area (Å²) in [5.74, 6) is 0.826. The lowest BCUT2D eigenvalue weighted by Crippen LogP contribution is -2.15. The van der Waals surface area contributed by atoms with E-state index in [0.717, 1.165) is 30.4 Å². The van der Waals surface area contributed by atoms with E-state index in [1.165, 1.54) is 29.3 Å². The largest absolute Gasteiger partial charge is 0.385 e. The molecule has 1 unspecified atom stereocenters. The lowest BCUT2D eigenvalue weighted by Gasteiger charge is -2.14. The minimum absolute atomic E-state index is 0.116. The van der Waals surface area contributed by atoms with Crippen molar-refractivity contribution in [3.8, 4) is 11.4 Å². The maximum absolute atomic E-state index is 13.1. The fourth-order valence-corrected chi connectivity index (χ4v) is 5.13. The van der Waals surface area contributed by atoms with E-state index in [-0.39, 0.29) is 11.0 Å². The summed E-state index contributed by atoms with van der Waals surface area (Å²) in [6.07, 6.45) is 4.16. The number of hydrogen-bond acceptors (Lipinski definition) is 5. The number of nitrogens with zero attached hydrogens (tertiary/aromatic N) is 3. The summed E-state index contributed by atoms with van der Waals surface area (Å²) in [5.41, 5.74) is 4.29. The fraction of sp³-hybridized carbons (Fsp3) is 0.375. The van der Waals surface area contributed by atoms with Gasteiger partial charge in [-0.15, -0.1) is 10.2 Å². The molecule has 0 saturated carbocycles. The van der Waals surface area contributed by atoms with Crippen LogP contribution in [-0.2, 0) is 24.1 Å². The Balaban J connectivity index is 1.58. The summed E-state index contributed by atoms with van der Waals surface area (Å²) in [4.78, 5) is 13.1. The zero-order valence-corrected chi connectivity index (χ0v) is 19.4. The number of rotatable bonds is 9. The van der Waals surface area contributed by atoms with Crippen LogP contribution in [0.4, 0.5) is 0 Å². The molecule has 7 heteroatoms. The van der Waals surface area contributed by atoms with Crippen molar-refractivity contribution in [3.05, 3.63) is 64.2 Å². The second kappa shape index (κ2) is 9.98. The molecular weight excluding hydrogens is 430 g/mol. The number of fused-ring (bicyclic) bond motifs is 1. The highest BCUT2D eigenvalue weighted by atomic mass is 35.5. The van der Waals surface area contributed by atoms with Crippen molar-refractivity contribution in [2.75, 3.05) is 13.7 Å². The predicted octanol–water partition coefficient (Wildman–Crippen LogP) is 5.49. The molecule has 31 heavy (non-hydrogen) atoms. The van der Waals surface area contributed by atoms with Crippen LogP contribution in [0.2, 0.25) is 5.02 Å². The molecule has 1 aromatic heterocycles. The van der Waals surface area contributed by atoms with Gasteiger partial charge in [-0.3, -0.25) is 4.79 Å². The van der Waals surface area contributed by atoms with Gasteiger partial charge in [-0.25, -0.2) is 0 Å². The lowest BCUT2D eigenvalue weighted by molar-refractivity contribution is 0.0993. The fourth-order valence-electron chi connectivity index (χ4n) is 3.96. The first-order valence-corrected chi connectivity index (χ1v) is 11.8. The normalized spacial score (nSPS) is 13.9. The Labute approximate surface area is 192 Å². The van der Waals surface area contributed by atoms with Crippen molar-refractivity contribution in [2.24, 2.45) is 0 Å². The van der Waals surface area contributed by atoms with Gasteiger partial charge in [-0.05, 0) is 61.9 Å². The number of methoxy groups -OCH3 is 1. The van der Waals surface area contributed by atoms with E-state index in [0.29, 0.717) is 29.2 Å². The van der Waals surface area contributed by atoms with E-state index in [1.54, 1.807) is 7.11 Å². The van der Waals surface area contributed by atoms with Crippen molar-refractivity contribution >= 4 is 29.1 Å². The summed E-state index contributed by atoms with van der Waals surface area (Å²) < 4.78 is 7.26. The van der Waals surface area contributed by atoms with Gasteiger partial charge >= 0.3 is 0 Å². The maximum Gasteiger partial charge on any atom is 0.192 e. The average Bonchev–Trinajstić information content (AvgIpc) is 3.40. The average molecular weight is 456 g/mol. The van der Waals surface area contributed by atoms with Crippen LogP contribution in [0.1, 0.15) is 41.3 Å². The Morgan fingerprint density at radius 3 is 2.81 bits per heavy atom. The second-order valence-corrected chi connectivity index (χ2v) is 9.46. The number of benzene rings is 2. The number of carbonyl (C=O) groups excluding carboxylic acids is 1. The number of aromatic nitrogens is 3. The Kier molecular flexibility index (Phi) is 7.10. The van der Waals surface area contributed by atoms with Gasteiger partial charge in [-0.1, -0.05) is 47.6 Å². The van der Waals surface area contributed by atoms with E-state index in [9.17, 15) is 4.79 Å². The first-order valence-electron chi connectivity index (χ1n) is 10.6. The zero-order valence-electron chi connectivity index (χ0n) is 17.8. The van der Waals surface area contributed by atoms with E-state index < -0.39 is 0 Å². The molecule has 0 spiro atoms. The summed E-state index contributed by atoms with van der Waals surface area (Å²) in [6.45, 7) is 3.25. The molecule has 3 aromatic rings. The molecule has 0 aliphatic heterocycles. The molecule has 1 aliphatic carbocycles. The monoisotopic (exact) mass is 455 g/mol. The van der Waals surface area contributed by atoms with Crippen LogP contribution >= 0.6 is 23.4 Å². The number of hydrogen-bond donors (Lipinski definition) is 0. The third-order valence-corrected chi connectivity index (χ3v) is 7.01. The Bertz CT molecular complexity index is 1080. The molecule has 1 heterocycles. The van der Waals surface area contributed by atoms with Crippen molar-refractivity contribution in [3.63, 3.8) is 0 Å². The molecule has 0 bridgehead atoms. The Morgan fingerprint density at radius 1 is 1.19 bits per heavy atom. The van der Waals surface area contributed by atoms with Crippen LogP contribution < -0.4 is 0 Å². The van der Waals surface area contributed by atoms with Gasteiger partial charge in [0.2, 0.25) is 0 Å². The topological polar surface area (TPSA) is 57.0 Å². The smallest absolute Gasteiger partial charge is 0.192 e. The van der Waals surface area contributed by atoms with Crippen LogP contribution in [-0.4, -0.2) is 39.5 Å². The lowest BCUT2D eigenvalue weighted by atomic mass is 10.0. The number of Topliss-reactive ketones (excluding diaryl/α,β-unsaturated/α-hetero) is 1. The molecule has 0 amide bonds. The number of halogens is 1. The minimum atomic E-state index is -0.274. The number of ether oxygens (including phenoxy) is 1. The van der Waals surface area contributed by atoms with E-state index >= 15 is 0 Å². The van der Waals surface area contributed by atoms with Crippen LogP contribution in [0.5, 0.6) is 0 Å². The van der Waals surface area contributed by atoms with Crippen LogP contribution in [0, 0.1) is 0 Å². The van der Waals surface area contributed by atoms with Gasteiger partial charge in [0.1, 0.15) is 0 Å². The molecule has 0 fully saturated rings. The van der Waals surface area contributed by atoms with Crippen molar-refractivity contribution < 1.29 is 9.53 Å². The molecular formula is C24H26ClN3O2S. The van der Waals surface area contributed by atoms with Gasteiger partial charge in [0.05, 0.1) is 10.3 Å². The zero-order chi connectivity index (χ0) is 21.8. The maximum atomic E-state index is 13.1.